The molecular weight excluding hydrogens is 376 g/mol. The van der Waals surface area contributed by atoms with Crippen molar-refractivity contribution in [2.45, 2.75) is 19.5 Å². The first-order valence-corrected chi connectivity index (χ1v) is 9.10. The average molecular weight is 394 g/mol. The van der Waals surface area contributed by atoms with E-state index < -0.39 is 16.2 Å². The van der Waals surface area contributed by atoms with E-state index in [2.05, 4.69) is 4.98 Å². The number of hydrogen-bond donors (Lipinski definition) is 1. The van der Waals surface area contributed by atoms with E-state index in [1.807, 2.05) is 0 Å². The number of rotatable bonds is 5. The van der Waals surface area contributed by atoms with Gasteiger partial charge < -0.3 is 4.90 Å². The van der Waals surface area contributed by atoms with Crippen LogP contribution in [-0.2, 0) is 11.3 Å². The van der Waals surface area contributed by atoms with Gasteiger partial charge in [-0.05, 0) is 6.92 Å². The van der Waals surface area contributed by atoms with Gasteiger partial charge in [-0.3, -0.25) is 29.3 Å². The minimum absolute atomic E-state index is 0.0195. The molecule has 148 valence electrons. The smallest absolute Gasteiger partial charge is 0.328 e. The Morgan fingerprint density at radius 3 is 2.72 bits per heavy atom. The number of H-pyrrole nitrogens is 1. The van der Waals surface area contributed by atoms with Crippen molar-refractivity contribution in [2.24, 2.45) is 5.92 Å². The van der Waals surface area contributed by atoms with Gasteiger partial charge in [0.1, 0.15) is 0 Å². The van der Waals surface area contributed by atoms with Crippen molar-refractivity contribution in [3.8, 4) is 0 Å². The van der Waals surface area contributed by atoms with Crippen LogP contribution >= 0.6 is 0 Å². The summed E-state index contributed by atoms with van der Waals surface area (Å²) in [5, 5.41) is 11.3. The third-order valence-electron chi connectivity index (χ3n) is 5.33. The molecule has 0 radical (unpaired) electrons. The first-order valence-electron chi connectivity index (χ1n) is 9.10. The number of amides is 1. The van der Waals surface area contributed by atoms with Gasteiger partial charge >= 0.3 is 5.69 Å². The van der Waals surface area contributed by atoms with Gasteiger partial charge in [0.15, 0.2) is 0 Å². The van der Waals surface area contributed by atoms with E-state index in [1.54, 1.807) is 48.3 Å². The number of nitrogens with zero attached hydrogens (tertiary/aromatic N) is 3. The van der Waals surface area contributed by atoms with Crippen LogP contribution in [0, 0.1) is 23.0 Å². The van der Waals surface area contributed by atoms with E-state index in [9.17, 15) is 24.5 Å². The van der Waals surface area contributed by atoms with Crippen molar-refractivity contribution < 1.29 is 9.72 Å². The van der Waals surface area contributed by atoms with E-state index >= 15 is 0 Å². The minimum Gasteiger partial charge on any atom is -0.328 e. The lowest BCUT2D eigenvalue weighted by atomic mass is 9.80. The van der Waals surface area contributed by atoms with E-state index in [-0.39, 0.29) is 30.1 Å². The lowest BCUT2D eigenvalue weighted by molar-refractivity contribution is -0.420. The van der Waals surface area contributed by atoms with Gasteiger partial charge in [0.05, 0.1) is 11.0 Å². The Bertz CT molecular complexity index is 1180. The Kier molecular flexibility index (Phi) is 4.50. The summed E-state index contributed by atoms with van der Waals surface area (Å²) in [6.07, 6.45) is 13.2. The van der Waals surface area contributed by atoms with Gasteiger partial charge in [-0.2, -0.15) is 0 Å². The largest absolute Gasteiger partial charge is 0.328 e. The van der Waals surface area contributed by atoms with Crippen LogP contribution in [0.2, 0.25) is 0 Å². The van der Waals surface area contributed by atoms with Crippen LogP contribution in [0.15, 0.2) is 75.2 Å². The summed E-state index contributed by atoms with van der Waals surface area (Å²) in [6, 6.07) is -0.278. The normalized spacial score (nSPS) is 22.4. The highest BCUT2D eigenvalue weighted by atomic mass is 16.6. The maximum absolute atomic E-state index is 12.8. The molecule has 1 aromatic rings. The van der Waals surface area contributed by atoms with Crippen LogP contribution in [-0.4, -0.2) is 37.9 Å². The van der Waals surface area contributed by atoms with Crippen LogP contribution in [0.3, 0.4) is 0 Å². The Labute approximate surface area is 164 Å². The summed E-state index contributed by atoms with van der Waals surface area (Å²) < 4.78 is 1.37. The standard InChI is InChI=1S/C20H18N4O5/c1-12-11-22(20(27)21-18(12)25)9-2-3-10-23-16-8-7-15(24(28)29)13-5-4-6-14(17(13)16)19(23)26/h2-8,11,16-17H,9-10H2,1H3,(H,21,25,27)/b3-2-. The third-order valence-corrected chi connectivity index (χ3v) is 5.33. The second-order valence-corrected chi connectivity index (χ2v) is 7.06. The molecule has 1 fully saturated rings. The average Bonchev–Trinajstić information content (AvgIpc) is 2.96. The second-order valence-electron chi connectivity index (χ2n) is 7.06. The first kappa shape index (κ1) is 18.6. The highest BCUT2D eigenvalue weighted by molar-refractivity contribution is 5.99. The van der Waals surface area contributed by atoms with Crippen molar-refractivity contribution in [2.75, 3.05) is 6.54 Å². The molecule has 2 atom stereocenters. The number of nitrogens with one attached hydrogen (secondary N) is 1. The van der Waals surface area contributed by atoms with E-state index in [0.717, 1.165) is 0 Å². The molecule has 1 N–H and O–H groups in total. The summed E-state index contributed by atoms with van der Waals surface area (Å²) in [5.74, 6) is -0.492. The number of likely N-dealkylation sites (tertiary alicyclic amines) is 1. The van der Waals surface area contributed by atoms with Gasteiger partial charge in [0.2, 0.25) is 0 Å². The zero-order valence-electron chi connectivity index (χ0n) is 15.6. The molecule has 1 amide bonds. The molecule has 0 aromatic carbocycles. The zero-order valence-corrected chi connectivity index (χ0v) is 15.6. The van der Waals surface area contributed by atoms with Crippen LogP contribution in [0.1, 0.15) is 5.56 Å². The van der Waals surface area contributed by atoms with Crippen LogP contribution in [0.4, 0.5) is 0 Å². The SMILES string of the molecule is Cc1cn(C/C=C\CN2C(=O)C3=CC=CC4=C([N+](=O)[O-])C=CC2C34)c(=O)[nH]c1=O. The number of nitro groups is 1. The van der Waals surface area contributed by atoms with Crippen molar-refractivity contribution >= 4 is 5.91 Å². The number of carbonyl (C=O) groups excluding carboxylic acids is 1. The molecule has 2 heterocycles. The Balaban J connectivity index is 1.52. The number of carbonyl (C=O) groups is 1. The van der Waals surface area contributed by atoms with Gasteiger partial charge in [-0.1, -0.05) is 36.5 Å². The molecule has 1 saturated heterocycles. The molecule has 29 heavy (non-hydrogen) atoms. The van der Waals surface area contributed by atoms with Crippen LogP contribution < -0.4 is 11.2 Å². The Hall–Kier alpha value is -3.75. The Morgan fingerprint density at radius 2 is 1.97 bits per heavy atom. The van der Waals surface area contributed by atoms with E-state index in [0.29, 0.717) is 23.3 Å². The lowest BCUT2D eigenvalue weighted by Crippen LogP contribution is -2.36. The fourth-order valence-corrected chi connectivity index (χ4v) is 3.93. The topological polar surface area (TPSA) is 118 Å². The Morgan fingerprint density at radius 1 is 1.21 bits per heavy atom. The lowest BCUT2D eigenvalue weighted by Gasteiger charge is -2.27. The molecule has 0 spiro atoms. The molecular formula is C20H18N4O5. The highest BCUT2D eigenvalue weighted by Gasteiger charge is 2.48. The van der Waals surface area contributed by atoms with E-state index in [4.69, 9.17) is 0 Å². The number of allylic oxidation sites excluding steroid dienone is 5. The summed E-state index contributed by atoms with van der Waals surface area (Å²) in [4.78, 5) is 50.9. The predicted octanol–water partition coefficient (Wildman–Crippen LogP) is 0.825. The number of hydrogen-bond acceptors (Lipinski definition) is 5. The van der Waals surface area contributed by atoms with Crippen molar-refractivity contribution in [1.82, 2.24) is 14.5 Å². The summed E-state index contributed by atoms with van der Waals surface area (Å²) in [6.45, 7) is 2.17. The van der Waals surface area contributed by atoms with Gasteiger partial charge in [-0.15, -0.1) is 0 Å². The molecule has 9 nitrogen and oxygen atoms in total. The van der Waals surface area contributed by atoms with Crippen molar-refractivity contribution in [3.63, 3.8) is 0 Å². The monoisotopic (exact) mass is 394 g/mol. The summed E-state index contributed by atoms with van der Waals surface area (Å²) in [5.41, 5.74) is 0.647. The second kappa shape index (κ2) is 7.01. The van der Waals surface area contributed by atoms with E-state index in [1.165, 1.54) is 16.8 Å². The first-order chi connectivity index (χ1) is 13.9. The number of aromatic nitrogens is 2. The molecule has 2 aliphatic carbocycles. The molecule has 0 bridgehead atoms. The fraction of sp³-hybridized carbons (Fsp3) is 0.250. The van der Waals surface area contributed by atoms with Crippen LogP contribution in [0.25, 0.3) is 0 Å². The molecule has 1 aromatic heterocycles. The van der Waals surface area contributed by atoms with Crippen LogP contribution in [0.5, 0.6) is 0 Å². The highest BCUT2D eigenvalue weighted by Crippen LogP contribution is 2.43. The fourth-order valence-electron chi connectivity index (χ4n) is 3.93. The minimum atomic E-state index is -0.498. The van der Waals surface area contributed by atoms with Gasteiger partial charge in [0, 0.05) is 48.0 Å². The maximum atomic E-state index is 12.8. The quantitative estimate of drug-likeness (QED) is 0.451. The predicted molar refractivity (Wildman–Crippen MR) is 105 cm³/mol. The molecule has 0 saturated carbocycles. The number of aromatic amines is 1. The molecule has 4 rings (SSSR count). The summed E-state index contributed by atoms with van der Waals surface area (Å²) >= 11 is 0. The summed E-state index contributed by atoms with van der Waals surface area (Å²) in [7, 11) is 0. The van der Waals surface area contributed by atoms with Crippen molar-refractivity contribution in [1.29, 1.82) is 0 Å². The molecule has 9 heteroatoms. The molecule has 1 aliphatic heterocycles. The van der Waals surface area contributed by atoms with Gasteiger partial charge in [-0.25, -0.2) is 4.79 Å². The maximum Gasteiger partial charge on any atom is 0.328 e. The van der Waals surface area contributed by atoms with Gasteiger partial charge in [0.25, 0.3) is 17.2 Å². The molecule has 3 aliphatic rings. The number of aryl methyl sites for hydroxylation is 1. The van der Waals surface area contributed by atoms with Crippen molar-refractivity contribution in [3.05, 3.63) is 102 Å². The zero-order chi connectivity index (χ0) is 20.7. The third kappa shape index (κ3) is 3.10. The molecule has 2 unspecified atom stereocenters.